The van der Waals surface area contributed by atoms with E-state index in [4.69, 9.17) is 4.74 Å². The fourth-order valence-electron chi connectivity index (χ4n) is 0.473. The van der Waals surface area contributed by atoms with Crippen LogP contribution in [0.3, 0.4) is 0 Å². The molecule has 0 aromatic heterocycles. The Morgan fingerprint density at radius 3 is 2.60 bits per heavy atom. The third kappa shape index (κ3) is 3.96. The number of carbonyl (C=O) groups is 1. The molecule has 0 saturated heterocycles. The first kappa shape index (κ1) is 9.03. The van der Waals surface area contributed by atoms with Crippen molar-refractivity contribution in [3.8, 4) is 11.8 Å². The molecule has 0 spiro atoms. The summed E-state index contributed by atoms with van der Waals surface area (Å²) in [7, 11) is 0. The van der Waals surface area contributed by atoms with E-state index in [1.165, 1.54) is 0 Å². The molecule has 0 radical (unpaired) electrons. The Bertz CT molecular complexity index is 160. The quantitative estimate of drug-likeness (QED) is 0.437. The van der Waals surface area contributed by atoms with E-state index in [9.17, 15) is 4.79 Å². The molecule has 2 heteroatoms. The summed E-state index contributed by atoms with van der Waals surface area (Å²) in [6.07, 6.45) is 0.586. The van der Waals surface area contributed by atoms with E-state index in [0.717, 1.165) is 0 Å². The highest BCUT2D eigenvalue weighted by Crippen LogP contribution is 2.11. The van der Waals surface area contributed by atoms with Gasteiger partial charge in [0.15, 0.2) is 0 Å². The molecule has 0 aromatic carbocycles. The molecule has 0 atom stereocenters. The van der Waals surface area contributed by atoms with Crippen LogP contribution in [0.15, 0.2) is 0 Å². The second-order valence-corrected chi connectivity index (χ2v) is 2.58. The Hall–Kier alpha value is -0.970. The average molecular weight is 140 g/mol. The lowest BCUT2D eigenvalue weighted by Crippen LogP contribution is -2.22. The topological polar surface area (TPSA) is 26.3 Å². The lowest BCUT2D eigenvalue weighted by atomic mass is 10.1. The maximum Gasteiger partial charge on any atom is 0.293 e. The van der Waals surface area contributed by atoms with Gasteiger partial charge in [-0.3, -0.25) is 4.79 Å². The summed E-state index contributed by atoms with van der Waals surface area (Å²) < 4.78 is 4.75. The van der Waals surface area contributed by atoms with Gasteiger partial charge < -0.3 is 4.74 Å². The SMILES string of the molecule is CC#CCC(C)(C)OC=O. The zero-order valence-corrected chi connectivity index (χ0v) is 6.60. The Kier molecular flexibility index (Phi) is 3.56. The predicted octanol–water partition coefficient (Wildman–Crippen LogP) is 1.35. The first-order valence-electron chi connectivity index (χ1n) is 3.13. The lowest BCUT2D eigenvalue weighted by Gasteiger charge is -2.18. The molecule has 0 saturated carbocycles. The average Bonchev–Trinajstić information content (AvgIpc) is 1.84. The normalized spacial score (nSPS) is 9.50. The molecule has 0 amide bonds. The highest BCUT2D eigenvalue weighted by atomic mass is 16.5. The number of ether oxygens (including phenoxy) is 1. The van der Waals surface area contributed by atoms with Gasteiger partial charge in [-0.15, -0.1) is 5.92 Å². The van der Waals surface area contributed by atoms with Gasteiger partial charge in [0, 0.05) is 6.42 Å². The molecule has 0 rings (SSSR count). The summed E-state index contributed by atoms with van der Waals surface area (Å²) in [5, 5.41) is 0. The van der Waals surface area contributed by atoms with E-state index >= 15 is 0 Å². The zero-order chi connectivity index (χ0) is 8.04. The van der Waals surface area contributed by atoms with Crippen LogP contribution in [0.2, 0.25) is 0 Å². The van der Waals surface area contributed by atoms with Crippen LogP contribution in [0, 0.1) is 11.8 Å². The van der Waals surface area contributed by atoms with Gasteiger partial charge in [0.25, 0.3) is 6.47 Å². The second kappa shape index (κ2) is 3.94. The summed E-state index contributed by atoms with van der Waals surface area (Å²) >= 11 is 0. The fourth-order valence-corrected chi connectivity index (χ4v) is 0.473. The zero-order valence-electron chi connectivity index (χ0n) is 6.60. The second-order valence-electron chi connectivity index (χ2n) is 2.58. The van der Waals surface area contributed by atoms with Gasteiger partial charge in [-0.2, -0.15) is 0 Å². The summed E-state index contributed by atoms with van der Waals surface area (Å²) in [5.74, 6) is 5.58. The molecule has 0 N–H and O–H groups in total. The van der Waals surface area contributed by atoms with Crippen molar-refractivity contribution in [1.82, 2.24) is 0 Å². The minimum absolute atomic E-state index is 0.440. The Morgan fingerprint density at radius 1 is 1.60 bits per heavy atom. The lowest BCUT2D eigenvalue weighted by molar-refractivity contribution is -0.139. The molecule has 0 aromatic rings. The van der Waals surface area contributed by atoms with E-state index < -0.39 is 5.60 Å². The molecule has 10 heavy (non-hydrogen) atoms. The van der Waals surface area contributed by atoms with Crippen LogP contribution in [-0.2, 0) is 9.53 Å². The maximum absolute atomic E-state index is 9.91. The predicted molar refractivity (Wildman–Crippen MR) is 39.3 cm³/mol. The minimum atomic E-state index is -0.440. The molecule has 0 aliphatic rings. The van der Waals surface area contributed by atoms with Gasteiger partial charge in [0.1, 0.15) is 5.60 Å². The number of rotatable bonds is 3. The van der Waals surface area contributed by atoms with Crippen molar-refractivity contribution in [2.75, 3.05) is 0 Å². The van der Waals surface area contributed by atoms with E-state index in [2.05, 4.69) is 11.8 Å². The molecule has 0 aliphatic carbocycles. The van der Waals surface area contributed by atoms with Crippen molar-refractivity contribution in [2.24, 2.45) is 0 Å². The molecule has 0 heterocycles. The molecular weight excluding hydrogens is 128 g/mol. The van der Waals surface area contributed by atoms with Crippen molar-refractivity contribution in [2.45, 2.75) is 32.8 Å². The third-order valence-corrected chi connectivity index (χ3v) is 1.06. The minimum Gasteiger partial charge on any atom is -0.461 e. The largest absolute Gasteiger partial charge is 0.461 e. The van der Waals surface area contributed by atoms with Crippen LogP contribution in [0.4, 0.5) is 0 Å². The highest BCUT2D eigenvalue weighted by molar-refractivity contribution is 5.38. The van der Waals surface area contributed by atoms with Crippen LogP contribution >= 0.6 is 0 Å². The van der Waals surface area contributed by atoms with Gasteiger partial charge >= 0.3 is 0 Å². The molecule has 2 nitrogen and oxygen atoms in total. The van der Waals surface area contributed by atoms with E-state index in [0.29, 0.717) is 12.9 Å². The molecule has 0 fully saturated rings. The molecule has 0 bridgehead atoms. The van der Waals surface area contributed by atoms with Crippen molar-refractivity contribution in [3.63, 3.8) is 0 Å². The van der Waals surface area contributed by atoms with Crippen molar-refractivity contribution in [3.05, 3.63) is 0 Å². The van der Waals surface area contributed by atoms with Crippen LogP contribution in [0.5, 0.6) is 0 Å². The summed E-state index contributed by atoms with van der Waals surface area (Å²) in [4.78, 5) is 9.91. The van der Waals surface area contributed by atoms with E-state index in [-0.39, 0.29) is 0 Å². The molecule has 0 aliphatic heterocycles. The standard InChI is InChI=1S/C8H12O2/c1-4-5-6-8(2,3)10-7-9/h7H,6H2,1-3H3. The van der Waals surface area contributed by atoms with Gasteiger partial charge in [-0.25, -0.2) is 0 Å². The van der Waals surface area contributed by atoms with Crippen molar-refractivity contribution < 1.29 is 9.53 Å². The molecular formula is C8H12O2. The molecule has 0 unspecified atom stereocenters. The number of hydrogen-bond donors (Lipinski definition) is 0. The smallest absolute Gasteiger partial charge is 0.293 e. The van der Waals surface area contributed by atoms with Crippen LogP contribution in [-0.4, -0.2) is 12.1 Å². The van der Waals surface area contributed by atoms with Crippen molar-refractivity contribution in [1.29, 1.82) is 0 Å². The van der Waals surface area contributed by atoms with Gasteiger partial charge in [0.05, 0.1) is 0 Å². The Balaban J connectivity index is 3.81. The summed E-state index contributed by atoms with van der Waals surface area (Å²) in [6.45, 7) is 5.87. The van der Waals surface area contributed by atoms with Gasteiger partial charge in [-0.1, -0.05) is 5.92 Å². The molecule has 56 valence electrons. The third-order valence-electron chi connectivity index (χ3n) is 1.06. The summed E-state index contributed by atoms with van der Waals surface area (Å²) in [5.41, 5.74) is -0.440. The highest BCUT2D eigenvalue weighted by Gasteiger charge is 2.16. The van der Waals surface area contributed by atoms with E-state index in [1.54, 1.807) is 6.92 Å². The van der Waals surface area contributed by atoms with Crippen molar-refractivity contribution >= 4 is 6.47 Å². The van der Waals surface area contributed by atoms with Crippen LogP contribution in [0.25, 0.3) is 0 Å². The summed E-state index contributed by atoms with van der Waals surface area (Å²) in [6, 6.07) is 0. The first-order valence-corrected chi connectivity index (χ1v) is 3.13. The number of carbonyl (C=O) groups excluding carboxylic acids is 1. The van der Waals surface area contributed by atoms with Gasteiger partial charge in [0.2, 0.25) is 0 Å². The number of hydrogen-bond acceptors (Lipinski definition) is 2. The Morgan fingerprint density at radius 2 is 2.20 bits per heavy atom. The van der Waals surface area contributed by atoms with Crippen LogP contribution in [0.1, 0.15) is 27.2 Å². The fraction of sp³-hybridized carbons (Fsp3) is 0.625. The van der Waals surface area contributed by atoms with Crippen LogP contribution < -0.4 is 0 Å². The van der Waals surface area contributed by atoms with E-state index in [1.807, 2.05) is 13.8 Å². The van der Waals surface area contributed by atoms with Gasteiger partial charge in [-0.05, 0) is 20.8 Å². The monoisotopic (exact) mass is 140 g/mol. The Labute approximate surface area is 61.6 Å². The first-order chi connectivity index (χ1) is 4.62. The maximum atomic E-state index is 9.91.